The highest BCUT2D eigenvalue weighted by atomic mass is 32.2. The fourth-order valence-corrected chi connectivity index (χ4v) is 2.50. The van der Waals surface area contributed by atoms with Crippen LogP contribution in [0.4, 0.5) is 0 Å². The lowest BCUT2D eigenvalue weighted by atomic mass is 10.2. The molecule has 0 aromatic carbocycles. The maximum atomic E-state index is 10.8. The molecule has 1 saturated carbocycles. The zero-order valence-corrected chi connectivity index (χ0v) is 6.76. The fourth-order valence-electron chi connectivity index (χ4n) is 1.05. The Morgan fingerprint density at radius 2 is 2.27 bits per heavy atom. The van der Waals surface area contributed by atoms with Crippen LogP contribution in [0.2, 0.25) is 0 Å². The monoisotopic (exact) mass is 173 g/mol. The molecule has 0 N–H and O–H groups in total. The van der Waals surface area contributed by atoms with Gasteiger partial charge in [0.2, 0.25) is 0 Å². The van der Waals surface area contributed by atoms with E-state index in [1.54, 1.807) is 6.07 Å². The molecule has 1 fully saturated rings. The molecule has 0 aromatic rings. The summed E-state index contributed by atoms with van der Waals surface area (Å²) in [5.74, 6) is 0. The number of hydrogen-bond acceptors (Lipinski definition) is 4. The van der Waals surface area contributed by atoms with Crippen molar-refractivity contribution < 1.29 is 13.2 Å². The van der Waals surface area contributed by atoms with Crippen LogP contribution in [-0.4, -0.2) is 26.2 Å². The number of carbonyl (C=O) groups excluding carboxylic acids is 1. The highest BCUT2D eigenvalue weighted by molar-refractivity contribution is 7.91. The largest absolute Gasteiger partial charge is 0.302 e. The Bertz CT molecular complexity index is 326. The van der Waals surface area contributed by atoms with Gasteiger partial charge >= 0.3 is 0 Å². The molecular formula is C6H7NO3S. The third-order valence-electron chi connectivity index (χ3n) is 1.87. The zero-order chi connectivity index (χ0) is 8.70. The second-order valence-corrected chi connectivity index (χ2v) is 5.02. The van der Waals surface area contributed by atoms with Crippen molar-refractivity contribution >= 4 is 16.1 Å². The smallest absolute Gasteiger partial charge is 0.152 e. The van der Waals surface area contributed by atoms with Crippen LogP contribution in [0.1, 0.15) is 6.42 Å². The first-order chi connectivity index (χ1) is 4.96. The van der Waals surface area contributed by atoms with Crippen LogP contribution >= 0.6 is 0 Å². The summed E-state index contributed by atoms with van der Waals surface area (Å²) in [5.41, 5.74) is -1.23. The van der Waals surface area contributed by atoms with E-state index in [9.17, 15) is 13.2 Å². The van der Waals surface area contributed by atoms with Crippen LogP contribution in [-0.2, 0) is 14.6 Å². The van der Waals surface area contributed by atoms with E-state index < -0.39 is 20.5 Å². The molecule has 0 spiro atoms. The number of rotatable bonds is 2. The molecule has 0 unspecified atom stereocenters. The topological polar surface area (TPSA) is 75.0 Å². The lowest BCUT2D eigenvalue weighted by Gasteiger charge is -1.94. The molecule has 1 aliphatic rings. The van der Waals surface area contributed by atoms with Gasteiger partial charge in [0.15, 0.2) is 9.84 Å². The minimum absolute atomic E-state index is 0.159. The predicted octanol–water partition coefficient (Wildman–Crippen LogP) is -0.488. The summed E-state index contributed by atoms with van der Waals surface area (Å²) in [6.07, 6.45) is 1.63. The maximum Gasteiger partial charge on any atom is 0.152 e. The standard InChI is InChI=1S/C6H7NO3S/c1-11(9,10)5-2-6(5,3-7)4-8/h4-5H,2H2,1H3/t5-,6-/m1/s1. The van der Waals surface area contributed by atoms with E-state index in [2.05, 4.69) is 0 Å². The number of aldehydes is 1. The molecule has 2 atom stereocenters. The molecular weight excluding hydrogens is 166 g/mol. The van der Waals surface area contributed by atoms with Crippen LogP contribution in [0.15, 0.2) is 0 Å². The van der Waals surface area contributed by atoms with Crippen molar-refractivity contribution in [2.45, 2.75) is 11.7 Å². The van der Waals surface area contributed by atoms with Gasteiger partial charge in [0.1, 0.15) is 11.7 Å². The van der Waals surface area contributed by atoms with E-state index in [4.69, 9.17) is 5.26 Å². The van der Waals surface area contributed by atoms with Crippen molar-refractivity contribution in [3.8, 4) is 6.07 Å². The molecule has 0 amide bonds. The molecule has 60 valence electrons. The number of hydrogen-bond donors (Lipinski definition) is 0. The molecule has 4 nitrogen and oxygen atoms in total. The molecule has 0 saturated heterocycles. The van der Waals surface area contributed by atoms with Gasteiger partial charge in [-0.2, -0.15) is 5.26 Å². The summed E-state index contributed by atoms with van der Waals surface area (Å²) in [5, 5.41) is 7.68. The van der Waals surface area contributed by atoms with Gasteiger partial charge in [0, 0.05) is 6.26 Å². The molecule has 1 aliphatic carbocycles. The van der Waals surface area contributed by atoms with Crippen LogP contribution in [0.25, 0.3) is 0 Å². The molecule has 11 heavy (non-hydrogen) atoms. The first kappa shape index (κ1) is 8.21. The van der Waals surface area contributed by atoms with E-state index in [1.165, 1.54) is 0 Å². The van der Waals surface area contributed by atoms with Gasteiger partial charge in [-0.3, -0.25) is 0 Å². The lowest BCUT2D eigenvalue weighted by molar-refractivity contribution is -0.110. The highest BCUT2D eigenvalue weighted by Gasteiger charge is 2.61. The number of sulfone groups is 1. The summed E-state index contributed by atoms with van der Waals surface area (Å²) >= 11 is 0. The quantitative estimate of drug-likeness (QED) is 0.528. The normalized spacial score (nSPS) is 35.8. The van der Waals surface area contributed by atoms with Gasteiger partial charge < -0.3 is 4.79 Å². The summed E-state index contributed by atoms with van der Waals surface area (Å²) < 4.78 is 21.6. The van der Waals surface area contributed by atoms with Crippen molar-refractivity contribution in [2.24, 2.45) is 5.41 Å². The Morgan fingerprint density at radius 1 is 1.73 bits per heavy atom. The third kappa shape index (κ3) is 1.14. The van der Waals surface area contributed by atoms with Gasteiger partial charge in [-0.05, 0) is 6.42 Å². The third-order valence-corrected chi connectivity index (χ3v) is 3.49. The van der Waals surface area contributed by atoms with Crippen molar-refractivity contribution in [2.75, 3.05) is 6.26 Å². The number of nitrogens with zero attached hydrogens (tertiary/aromatic N) is 1. The molecule has 1 rings (SSSR count). The van der Waals surface area contributed by atoms with Crippen molar-refractivity contribution in [3.05, 3.63) is 0 Å². The van der Waals surface area contributed by atoms with Gasteiger partial charge in [-0.15, -0.1) is 0 Å². The molecule has 0 aliphatic heterocycles. The molecule has 0 radical (unpaired) electrons. The van der Waals surface area contributed by atoms with Crippen LogP contribution < -0.4 is 0 Å². The van der Waals surface area contributed by atoms with Gasteiger partial charge in [0.25, 0.3) is 0 Å². The van der Waals surface area contributed by atoms with Gasteiger partial charge in [-0.1, -0.05) is 0 Å². The van der Waals surface area contributed by atoms with Crippen LogP contribution in [0, 0.1) is 16.7 Å². The zero-order valence-electron chi connectivity index (χ0n) is 5.94. The Morgan fingerprint density at radius 3 is 2.36 bits per heavy atom. The first-order valence-electron chi connectivity index (χ1n) is 3.03. The van der Waals surface area contributed by atoms with Crippen molar-refractivity contribution in [3.63, 3.8) is 0 Å². The first-order valence-corrected chi connectivity index (χ1v) is 4.98. The van der Waals surface area contributed by atoms with Crippen LogP contribution in [0.3, 0.4) is 0 Å². The minimum atomic E-state index is -3.22. The fraction of sp³-hybridized carbons (Fsp3) is 0.667. The highest BCUT2D eigenvalue weighted by Crippen LogP contribution is 2.47. The summed E-state index contributed by atoms with van der Waals surface area (Å²) in [4.78, 5) is 10.3. The molecule has 5 heteroatoms. The van der Waals surface area contributed by atoms with Crippen LogP contribution in [0.5, 0.6) is 0 Å². The molecule has 0 heterocycles. The Labute approximate surface area is 64.7 Å². The minimum Gasteiger partial charge on any atom is -0.302 e. The van der Waals surface area contributed by atoms with Gasteiger partial charge in [-0.25, -0.2) is 8.42 Å². The van der Waals surface area contributed by atoms with E-state index in [0.29, 0.717) is 6.29 Å². The van der Waals surface area contributed by atoms with Crippen molar-refractivity contribution in [1.29, 1.82) is 5.26 Å². The van der Waals surface area contributed by atoms with Crippen molar-refractivity contribution in [1.82, 2.24) is 0 Å². The average Bonchev–Trinajstić information content (AvgIpc) is 2.61. The molecule has 0 bridgehead atoms. The second-order valence-electron chi connectivity index (χ2n) is 2.79. The van der Waals surface area contributed by atoms with E-state index in [0.717, 1.165) is 6.26 Å². The second kappa shape index (κ2) is 2.05. The van der Waals surface area contributed by atoms with E-state index in [1.807, 2.05) is 0 Å². The average molecular weight is 173 g/mol. The Kier molecular flexibility index (Phi) is 1.53. The number of nitriles is 1. The Hall–Kier alpha value is -0.890. The maximum absolute atomic E-state index is 10.8. The summed E-state index contributed by atoms with van der Waals surface area (Å²) in [6.45, 7) is 0. The number of carbonyl (C=O) groups is 1. The molecule has 0 aromatic heterocycles. The summed E-state index contributed by atoms with van der Waals surface area (Å²) in [6, 6.07) is 1.71. The van der Waals surface area contributed by atoms with E-state index in [-0.39, 0.29) is 6.42 Å². The lowest BCUT2D eigenvalue weighted by Crippen LogP contribution is -2.14. The predicted molar refractivity (Wildman–Crippen MR) is 37.4 cm³/mol. The Balaban J connectivity index is 2.92. The SMILES string of the molecule is CS(=O)(=O)[C@@H]1C[C@@]1(C#N)C=O. The van der Waals surface area contributed by atoms with E-state index >= 15 is 0 Å². The van der Waals surface area contributed by atoms with Gasteiger partial charge in [0.05, 0.1) is 11.3 Å². The summed E-state index contributed by atoms with van der Waals surface area (Å²) in [7, 11) is -3.22.